The molecule has 0 saturated carbocycles. The Bertz CT molecular complexity index is 680. The van der Waals surface area contributed by atoms with Crippen molar-refractivity contribution in [2.45, 2.75) is 0 Å². The summed E-state index contributed by atoms with van der Waals surface area (Å²) in [6.07, 6.45) is 0. The summed E-state index contributed by atoms with van der Waals surface area (Å²) < 4.78 is 34.3. The number of hydrogen-bond acceptors (Lipinski definition) is 5. The highest BCUT2D eigenvalue weighted by atomic mass is 32.3. The Balaban J connectivity index is 2.76. The molecule has 0 unspecified atom stereocenters. The highest BCUT2D eigenvalue weighted by Crippen LogP contribution is 2.37. The van der Waals surface area contributed by atoms with E-state index < -0.39 is 10.4 Å². The minimum absolute atomic E-state index is 0.114. The molecule has 2 rings (SSSR count). The molecular formula is C10H9NO5S. The fourth-order valence-electron chi connectivity index (χ4n) is 1.53. The van der Waals surface area contributed by atoms with Crippen molar-refractivity contribution in [3.63, 3.8) is 0 Å². The zero-order chi connectivity index (χ0) is 12.6. The minimum atomic E-state index is -4.65. The molecule has 0 aliphatic carbocycles. The van der Waals surface area contributed by atoms with Gasteiger partial charge in [0.15, 0.2) is 5.75 Å². The average molecular weight is 255 g/mol. The number of nitrogen functional groups attached to an aromatic ring is 1. The van der Waals surface area contributed by atoms with Crippen LogP contribution in [0.5, 0.6) is 11.5 Å². The first-order valence-corrected chi connectivity index (χ1v) is 5.92. The maximum absolute atomic E-state index is 10.7. The fraction of sp³-hybridized carbons (Fsp3) is 0. The molecule has 0 saturated heterocycles. The molecular weight excluding hydrogens is 246 g/mol. The van der Waals surface area contributed by atoms with Crippen LogP contribution in [-0.2, 0) is 10.4 Å². The molecule has 7 heteroatoms. The van der Waals surface area contributed by atoms with Gasteiger partial charge in [-0.15, -0.1) is 0 Å². The molecule has 0 fully saturated rings. The number of rotatable bonds is 2. The molecule has 0 aliphatic heterocycles. The third-order valence-corrected chi connectivity index (χ3v) is 2.61. The van der Waals surface area contributed by atoms with Gasteiger partial charge in [-0.05, 0) is 0 Å². The van der Waals surface area contributed by atoms with Crippen molar-refractivity contribution < 1.29 is 22.3 Å². The second kappa shape index (κ2) is 3.79. The summed E-state index contributed by atoms with van der Waals surface area (Å²) >= 11 is 0. The van der Waals surface area contributed by atoms with Crippen LogP contribution in [0.15, 0.2) is 30.3 Å². The van der Waals surface area contributed by atoms with Gasteiger partial charge in [-0.3, -0.25) is 4.55 Å². The van der Waals surface area contributed by atoms with Gasteiger partial charge in [-0.25, -0.2) is 0 Å². The van der Waals surface area contributed by atoms with Crippen LogP contribution in [0.3, 0.4) is 0 Å². The lowest BCUT2D eigenvalue weighted by Gasteiger charge is -2.09. The van der Waals surface area contributed by atoms with E-state index in [4.69, 9.17) is 10.3 Å². The van der Waals surface area contributed by atoms with E-state index in [0.717, 1.165) is 6.07 Å². The number of hydrogen-bond donors (Lipinski definition) is 3. The number of fused-ring (bicyclic) bond motifs is 1. The molecule has 6 nitrogen and oxygen atoms in total. The monoisotopic (exact) mass is 255 g/mol. The Morgan fingerprint density at radius 2 is 1.76 bits per heavy atom. The topological polar surface area (TPSA) is 110 Å². The number of nitrogens with two attached hydrogens (primary N) is 1. The third kappa shape index (κ3) is 2.24. The van der Waals surface area contributed by atoms with E-state index in [1.54, 1.807) is 24.3 Å². The minimum Gasteiger partial charge on any atom is -0.506 e. The van der Waals surface area contributed by atoms with E-state index in [0.29, 0.717) is 10.8 Å². The van der Waals surface area contributed by atoms with E-state index in [-0.39, 0.29) is 17.2 Å². The van der Waals surface area contributed by atoms with E-state index in [2.05, 4.69) is 4.18 Å². The quantitative estimate of drug-likeness (QED) is 0.424. The lowest BCUT2D eigenvalue weighted by molar-refractivity contribution is 0.387. The first-order chi connectivity index (χ1) is 7.88. The maximum atomic E-state index is 10.7. The van der Waals surface area contributed by atoms with Gasteiger partial charge in [0.05, 0.1) is 5.69 Å². The highest BCUT2D eigenvalue weighted by molar-refractivity contribution is 7.81. The number of phenols is 1. The standard InChI is InChI=1S/C10H9NO5S/c11-10-7-4-2-1-3-6(7)9(5-8(10)12)16-17(13,14)15/h1-5,12H,11H2,(H,13,14,15). The molecule has 0 atom stereocenters. The lowest BCUT2D eigenvalue weighted by Crippen LogP contribution is -2.07. The normalized spacial score (nSPS) is 11.6. The Kier molecular flexibility index (Phi) is 2.56. The van der Waals surface area contributed by atoms with Crippen LogP contribution in [0, 0.1) is 0 Å². The Labute approximate surface area is 97.2 Å². The first-order valence-electron chi connectivity index (χ1n) is 4.55. The molecule has 0 spiro atoms. The van der Waals surface area contributed by atoms with Gasteiger partial charge in [-0.2, -0.15) is 8.42 Å². The molecule has 4 N–H and O–H groups in total. The molecule has 0 amide bonds. The zero-order valence-electron chi connectivity index (χ0n) is 8.49. The van der Waals surface area contributed by atoms with Crippen molar-refractivity contribution in [2.24, 2.45) is 0 Å². The molecule has 0 aromatic heterocycles. The van der Waals surface area contributed by atoms with Crippen molar-refractivity contribution in [3.05, 3.63) is 30.3 Å². The molecule has 0 bridgehead atoms. The Hall–Kier alpha value is -1.99. The zero-order valence-corrected chi connectivity index (χ0v) is 9.31. The molecule has 17 heavy (non-hydrogen) atoms. The Morgan fingerprint density at radius 3 is 2.35 bits per heavy atom. The van der Waals surface area contributed by atoms with Crippen LogP contribution in [0.25, 0.3) is 10.8 Å². The van der Waals surface area contributed by atoms with Gasteiger partial charge < -0.3 is 15.0 Å². The van der Waals surface area contributed by atoms with Gasteiger partial charge in [0.25, 0.3) is 0 Å². The van der Waals surface area contributed by atoms with Crippen molar-refractivity contribution in [2.75, 3.05) is 5.73 Å². The van der Waals surface area contributed by atoms with E-state index in [1.165, 1.54) is 0 Å². The van der Waals surface area contributed by atoms with E-state index in [1.807, 2.05) is 0 Å². The number of anilines is 1. The van der Waals surface area contributed by atoms with Gasteiger partial charge in [0.1, 0.15) is 5.75 Å². The summed E-state index contributed by atoms with van der Waals surface area (Å²) in [5.74, 6) is -0.503. The predicted octanol–water partition coefficient (Wildman–Crippen LogP) is 1.31. The van der Waals surface area contributed by atoms with Crippen LogP contribution in [0.2, 0.25) is 0 Å². The molecule has 0 radical (unpaired) electrons. The van der Waals surface area contributed by atoms with Crippen molar-refractivity contribution in [3.8, 4) is 11.5 Å². The summed E-state index contributed by atoms with van der Waals surface area (Å²) in [6.45, 7) is 0. The third-order valence-electron chi connectivity index (χ3n) is 2.22. The predicted molar refractivity (Wildman–Crippen MR) is 62.2 cm³/mol. The van der Waals surface area contributed by atoms with Crippen LogP contribution in [-0.4, -0.2) is 18.1 Å². The number of aromatic hydroxyl groups is 1. The van der Waals surface area contributed by atoms with Crippen LogP contribution < -0.4 is 9.92 Å². The highest BCUT2D eigenvalue weighted by Gasteiger charge is 2.14. The summed E-state index contributed by atoms with van der Waals surface area (Å²) in [7, 11) is -4.65. The smallest absolute Gasteiger partial charge is 0.446 e. The molecule has 90 valence electrons. The molecule has 2 aromatic rings. The Morgan fingerprint density at radius 1 is 1.18 bits per heavy atom. The summed E-state index contributed by atoms with van der Waals surface area (Å²) in [4.78, 5) is 0. The number of benzene rings is 2. The van der Waals surface area contributed by atoms with Gasteiger partial charge >= 0.3 is 10.4 Å². The van der Waals surface area contributed by atoms with Gasteiger partial charge in [-0.1, -0.05) is 24.3 Å². The van der Waals surface area contributed by atoms with Crippen molar-refractivity contribution in [1.82, 2.24) is 0 Å². The molecule has 0 aliphatic rings. The summed E-state index contributed by atoms with van der Waals surface area (Å²) in [6, 6.07) is 7.52. The summed E-state index contributed by atoms with van der Waals surface area (Å²) in [5.41, 5.74) is 5.75. The lowest BCUT2D eigenvalue weighted by atomic mass is 10.1. The van der Waals surface area contributed by atoms with Crippen molar-refractivity contribution in [1.29, 1.82) is 0 Å². The second-order valence-electron chi connectivity index (χ2n) is 3.36. The van der Waals surface area contributed by atoms with Gasteiger partial charge in [0, 0.05) is 16.8 Å². The van der Waals surface area contributed by atoms with Crippen LogP contribution in [0.1, 0.15) is 0 Å². The van der Waals surface area contributed by atoms with Crippen molar-refractivity contribution >= 4 is 26.9 Å². The van der Waals surface area contributed by atoms with E-state index in [9.17, 15) is 13.5 Å². The SMILES string of the molecule is Nc1c(O)cc(OS(=O)(=O)O)c2ccccc12. The van der Waals surface area contributed by atoms with E-state index >= 15 is 0 Å². The fourth-order valence-corrected chi connectivity index (χ4v) is 1.90. The second-order valence-corrected chi connectivity index (χ2v) is 4.39. The molecule has 2 aromatic carbocycles. The maximum Gasteiger partial charge on any atom is 0.446 e. The van der Waals surface area contributed by atoms with Gasteiger partial charge in [0.2, 0.25) is 0 Å². The molecule has 0 heterocycles. The summed E-state index contributed by atoms with van der Waals surface area (Å²) in [5, 5.41) is 10.3. The van der Waals surface area contributed by atoms with Crippen LogP contribution >= 0.6 is 0 Å². The van der Waals surface area contributed by atoms with Crippen LogP contribution in [0.4, 0.5) is 5.69 Å². The largest absolute Gasteiger partial charge is 0.506 e. The first kappa shape index (κ1) is 11.5. The number of phenolic OH excluding ortho intramolecular Hbond substituents is 1. The average Bonchev–Trinajstić information content (AvgIpc) is 2.24.